The van der Waals surface area contributed by atoms with Crippen molar-refractivity contribution in [1.82, 2.24) is 15.0 Å². The third-order valence-electron chi connectivity index (χ3n) is 2.20. The molecule has 2 rings (SSSR count). The average Bonchev–Trinajstić information content (AvgIpc) is 2.30. The fourth-order valence-corrected chi connectivity index (χ4v) is 1.48. The van der Waals surface area contributed by atoms with Crippen molar-refractivity contribution in [3.63, 3.8) is 0 Å². The Kier molecular flexibility index (Phi) is 3.22. The summed E-state index contributed by atoms with van der Waals surface area (Å²) in [7, 11) is 0. The van der Waals surface area contributed by atoms with Crippen molar-refractivity contribution >= 4 is 0 Å². The molecule has 4 heteroatoms. The van der Waals surface area contributed by atoms with Gasteiger partial charge in [-0.25, -0.2) is 9.97 Å². The van der Waals surface area contributed by atoms with Gasteiger partial charge in [0.15, 0.2) is 5.82 Å². The Balaban J connectivity index is 2.20. The first-order valence-electron chi connectivity index (χ1n) is 5.22. The minimum absolute atomic E-state index is 0.135. The highest BCUT2D eigenvalue weighted by atomic mass is 14.9. The summed E-state index contributed by atoms with van der Waals surface area (Å²) in [5, 5.41) is 0. The van der Waals surface area contributed by atoms with E-state index in [9.17, 15) is 0 Å². The lowest BCUT2D eigenvalue weighted by Gasteiger charge is -2.05. The zero-order valence-corrected chi connectivity index (χ0v) is 9.17. The lowest BCUT2D eigenvalue weighted by molar-refractivity contribution is 0.732. The summed E-state index contributed by atoms with van der Waals surface area (Å²) in [6.07, 6.45) is 7.91. The van der Waals surface area contributed by atoms with E-state index in [2.05, 4.69) is 15.0 Å². The van der Waals surface area contributed by atoms with E-state index < -0.39 is 0 Å². The minimum Gasteiger partial charge on any atom is -0.328 e. The first-order chi connectivity index (χ1) is 7.75. The first kappa shape index (κ1) is 10.7. The lowest BCUT2D eigenvalue weighted by atomic mass is 10.1. The smallest absolute Gasteiger partial charge is 0.159 e. The van der Waals surface area contributed by atoms with E-state index in [1.165, 1.54) is 0 Å². The Morgan fingerprint density at radius 3 is 2.38 bits per heavy atom. The van der Waals surface area contributed by atoms with Gasteiger partial charge >= 0.3 is 0 Å². The van der Waals surface area contributed by atoms with Crippen LogP contribution in [0.4, 0.5) is 0 Å². The number of hydrogen-bond acceptors (Lipinski definition) is 4. The van der Waals surface area contributed by atoms with Gasteiger partial charge in [-0.2, -0.15) is 0 Å². The van der Waals surface area contributed by atoms with Gasteiger partial charge < -0.3 is 5.73 Å². The van der Waals surface area contributed by atoms with Gasteiger partial charge in [-0.05, 0) is 31.0 Å². The van der Waals surface area contributed by atoms with Crippen LogP contribution in [0.2, 0.25) is 0 Å². The van der Waals surface area contributed by atoms with Gasteiger partial charge in [0.1, 0.15) is 0 Å². The molecule has 4 nitrogen and oxygen atoms in total. The molecular weight excluding hydrogens is 200 g/mol. The van der Waals surface area contributed by atoms with E-state index in [0.717, 1.165) is 23.4 Å². The molecule has 1 unspecified atom stereocenters. The molecule has 0 amide bonds. The van der Waals surface area contributed by atoms with Crippen molar-refractivity contribution < 1.29 is 0 Å². The van der Waals surface area contributed by atoms with E-state index >= 15 is 0 Å². The number of aromatic nitrogens is 3. The van der Waals surface area contributed by atoms with Crippen molar-refractivity contribution in [2.24, 2.45) is 5.73 Å². The van der Waals surface area contributed by atoms with Crippen LogP contribution in [0.3, 0.4) is 0 Å². The highest BCUT2D eigenvalue weighted by molar-refractivity contribution is 5.53. The largest absolute Gasteiger partial charge is 0.328 e. The van der Waals surface area contributed by atoms with Crippen LogP contribution in [0, 0.1) is 0 Å². The number of pyridine rings is 1. The molecule has 2 heterocycles. The summed E-state index contributed by atoms with van der Waals surface area (Å²) in [4.78, 5) is 12.6. The molecule has 0 fully saturated rings. The van der Waals surface area contributed by atoms with Crippen LogP contribution in [0.5, 0.6) is 0 Å². The fourth-order valence-electron chi connectivity index (χ4n) is 1.48. The maximum atomic E-state index is 5.71. The van der Waals surface area contributed by atoms with Crippen LogP contribution in [-0.2, 0) is 6.42 Å². The summed E-state index contributed by atoms with van der Waals surface area (Å²) in [6.45, 7) is 1.97. The molecule has 82 valence electrons. The summed E-state index contributed by atoms with van der Waals surface area (Å²) in [5.74, 6) is 0.718. The average molecular weight is 214 g/mol. The van der Waals surface area contributed by atoms with Crippen molar-refractivity contribution in [2.75, 3.05) is 0 Å². The van der Waals surface area contributed by atoms with E-state index in [-0.39, 0.29) is 6.04 Å². The first-order valence-corrected chi connectivity index (χ1v) is 5.22. The van der Waals surface area contributed by atoms with Crippen molar-refractivity contribution in [3.8, 4) is 11.4 Å². The second kappa shape index (κ2) is 4.81. The predicted octanol–water partition coefficient (Wildman–Crippen LogP) is 1.43. The predicted molar refractivity (Wildman–Crippen MR) is 62.6 cm³/mol. The Labute approximate surface area is 94.6 Å². The van der Waals surface area contributed by atoms with Crippen LogP contribution in [0.1, 0.15) is 12.5 Å². The van der Waals surface area contributed by atoms with Crippen LogP contribution in [-0.4, -0.2) is 21.0 Å². The molecule has 0 radical (unpaired) electrons. The molecule has 2 aromatic rings. The molecule has 0 saturated carbocycles. The lowest BCUT2D eigenvalue weighted by Crippen LogP contribution is -2.18. The Hall–Kier alpha value is -1.81. The van der Waals surface area contributed by atoms with Gasteiger partial charge in [-0.3, -0.25) is 4.98 Å². The molecule has 0 aromatic carbocycles. The molecule has 2 N–H and O–H groups in total. The summed E-state index contributed by atoms with van der Waals surface area (Å²) in [6, 6.07) is 3.91. The number of hydrogen-bond donors (Lipinski definition) is 1. The van der Waals surface area contributed by atoms with Gasteiger partial charge in [-0.15, -0.1) is 0 Å². The molecule has 0 bridgehead atoms. The van der Waals surface area contributed by atoms with Gasteiger partial charge in [0.25, 0.3) is 0 Å². The number of nitrogens with zero attached hydrogens (tertiary/aromatic N) is 3. The van der Waals surface area contributed by atoms with Crippen molar-refractivity contribution in [3.05, 3.63) is 42.5 Å². The maximum Gasteiger partial charge on any atom is 0.159 e. The quantitative estimate of drug-likeness (QED) is 0.839. The molecule has 0 spiro atoms. The molecule has 0 saturated heterocycles. The third-order valence-corrected chi connectivity index (χ3v) is 2.20. The minimum atomic E-state index is 0.135. The molecule has 0 aliphatic heterocycles. The molecule has 0 aliphatic rings. The zero-order chi connectivity index (χ0) is 11.4. The van der Waals surface area contributed by atoms with Gasteiger partial charge in [-0.1, -0.05) is 0 Å². The van der Waals surface area contributed by atoms with Crippen molar-refractivity contribution in [2.45, 2.75) is 19.4 Å². The van der Waals surface area contributed by atoms with Gasteiger partial charge in [0.05, 0.1) is 0 Å². The molecule has 16 heavy (non-hydrogen) atoms. The van der Waals surface area contributed by atoms with Crippen LogP contribution >= 0.6 is 0 Å². The summed E-state index contributed by atoms with van der Waals surface area (Å²) < 4.78 is 0. The molecular formula is C12H14N4. The fraction of sp³-hybridized carbons (Fsp3) is 0.250. The van der Waals surface area contributed by atoms with Crippen LogP contribution in [0.15, 0.2) is 36.9 Å². The van der Waals surface area contributed by atoms with Crippen LogP contribution < -0.4 is 5.73 Å². The van der Waals surface area contributed by atoms with E-state index in [4.69, 9.17) is 5.73 Å². The Bertz CT molecular complexity index is 436. The van der Waals surface area contributed by atoms with E-state index in [0.29, 0.717) is 0 Å². The Morgan fingerprint density at radius 1 is 1.19 bits per heavy atom. The van der Waals surface area contributed by atoms with E-state index in [1.54, 1.807) is 12.4 Å². The SMILES string of the molecule is CC(N)Cc1cnc(-c2ccncc2)nc1. The summed E-state index contributed by atoms with van der Waals surface area (Å²) >= 11 is 0. The van der Waals surface area contributed by atoms with E-state index in [1.807, 2.05) is 31.5 Å². The van der Waals surface area contributed by atoms with Gasteiger partial charge in [0.2, 0.25) is 0 Å². The van der Waals surface area contributed by atoms with Crippen molar-refractivity contribution in [1.29, 1.82) is 0 Å². The second-order valence-corrected chi connectivity index (χ2v) is 3.83. The maximum absolute atomic E-state index is 5.71. The van der Waals surface area contributed by atoms with Gasteiger partial charge in [0, 0.05) is 36.4 Å². The standard InChI is InChI=1S/C12H14N4/c1-9(13)6-10-7-15-12(16-8-10)11-2-4-14-5-3-11/h2-5,7-9H,6,13H2,1H3. The zero-order valence-electron chi connectivity index (χ0n) is 9.17. The Morgan fingerprint density at radius 2 is 1.81 bits per heavy atom. The third kappa shape index (κ3) is 2.61. The summed E-state index contributed by atoms with van der Waals surface area (Å²) in [5.41, 5.74) is 7.75. The molecule has 2 aromatic heterocycles. The van der Waals surface area contributed by atoms with Crippen LogP contribution in [0.25, 0.3) is 11.4 Å². The monoisotopic (exact) mass is 214 g/mol. The highest BCUT2D eigenvalue weighted by Gasteiger charge is 2.02. The molecule has 1 atom stereocenters. The number of rotatable bonds is 3. The highest BCUT2D eigenvalue weighted by Crippen LogP contribution is 2.12. The normalized spacial score (nSPS) is 12.4. The second-order valence-electron chi connectivity index (χ2n) is 3.83. The molecule has 0 aliphatic carbocycles. The topological polar surface area (TPSA) is 64.7 Å². The number of nitrogens with two attached hydrogens (primary N) is 1.